The van der Waals surface area contributed by atoms with Crippen molar-refractivity contribution in [3.8, 4) is 11.3 Å². The molecule has 1 saturated heterocycles. The average molecular weight is 345 g/mol. The van der Waals surface area contributed by atoms with Gasteiger partial charge < -0.3 is 10.6 Å². The number of nitrogens with zero attached hydrogens (tertiary/aromatic N) is 3. The lowest BCUT2D eigenvalue weighted by molar-refractivity contribution is 0.500. The highest BCUT2D eigenvalue weighted by Crippen LogP contribution is 2.37. The second-order valence-electron chi connectivity index (χ2n) is 5.87. The molecule has 21 heavy (non-hydrogen) atoms. The lowest BCUT2D eigenvalue weighted by Crippen LogP contribution is -2.43. The molecule has 1 fully saturated rings. The number of rotatable bonds is 1. The lowest BCUT2D eigenvalue weighted by atomic mass is 10.1. The van der Waals surface area contributed by atoms with Gasteiger partial charge in [-0.15, -0.1) is 0 Å². The maximum absolute atomic E-state index is 6.07. The van der Waals surface area contributed by atoms with Crippen molar-refractivity contribution in [2.75, 3.05) is 18.0 Å². The summed E-state index contributed by atoms with van der Waals surface area (Å²) >= 11 is 3.54. The highest BCUT2D eigenvalue weighted by atomic mass is 79.9. The zero-order valence-electron chi connectivity index (χ0n) is 11.7. The molecule has 2 heterocycles. The van der Waals surface area contributed by atoms with Gasteiger partial charge in [-0.3, -0.25) is 0 Å². The van der Waals surface area contributed by atoms with E-state index in [-0.39, 0.29) is 6.04 Å². The molecule has 0 amide bonds. The van der Waals surface area contributed by atoms with Gasteiger partial charge in [-0.1, -0.05) is 22.0 Å². The predicted octanol–water partition coefficient (Wildman–Crippen LogP) is 2.74. The van der Waals surface area contributed by atoms with Crippen LogP contribution < -0.4 is 10.6 Å². The van der Waals surface area contributed by atoms with Crippen molar-refractivity contribution in [1.29, 1.82) is 0 Å². The Kier molecular flexibility index (Phi) is 3.19. The summed E-state index contributed by atoms with van der Waals surface area (Å²) in [5.74, 6) is 0.819. The molecule has 2 aliphatic rings. The van der Waals surface area contributed by atoms with E-state index in [4.69, 9.17) is 10.7 Å². The molecule has 2 N–H and O–H groups in total. The Morgan fingerprint density at radius 2 is 2.19 bits per heavy atom. The fourth-order valence-corrected chi connectivity index (χ4v) is 3.66. The Balaban J connectivity index is 1.72. The Morgan fingerprint density at radius 3 is 3.05 bits per heavy atom. The fourth-order valence-electron chi connectivity index (χ4n) is 3.25. The van der Waals surface area contributed by atoms with Gasteiger partial charge in [0.2, 0.25) is 5.95 Å². The quantitative estimate of drug-likeness (QED) is 0.737. The van der Waals surface area contributed by atoms with Crippen molar-refractivity contribution in [2.24, 2.45) is 5.73 Å². The van der Waals surface area contributed by atoms with Crippen molar-refractivity contribution in [3.63, 3.8) is 0 Å². The summed E-state index contributed by atoms with van der Waals surface area (Å²) < 4.78 is 1.12. The number of halogens is 1. The summed E-state index contributed by atoms with van der Waals surface area (Å²) in [5, 5.41) is 0. The van der Waals surface area contributed by atoms with Crippen molar-refractivity contribution in [1.82, 2.24) is 9.97 Å². The third-order valence-electron chi connectivity index (χ3n) is 4.30. The van der Waals surface area contributed by atoms with Gasteiger partial charge in [0.15, 0.2) is 0 Å². The van der Waals surface area contributed by atoms with E-state index in [0.29, 0.717) is 0 Å². The molecule has 2 aromatic rings. The summed E-state index contributed by atoms with van der Waals surface area (Å²) in [5.41, 5.74) is 10.9. The molecule has 108 valence electrons. The largest absolute Gasteiger partial charge is 0.339 e. The lowest BCUT2D eigenvalue weighted by Gasteiger charge is -2.30. The molecule has 4 nitrogen and oxygen atoms in total. The number of fused-ring (bicyclic) bond motifs is 3. The first-order chi connectivity index (χ1) is 10.2. The van der Waals surface area contributed by atoms with Gasteiger partial charge in [0.25, 0.3) is 0 Å². The van der Waals surface area contributed by atoms with E-state index < -0.39 is 0 Å². The average Bonchev–Trinajstić information content (AvgIpc) is 2.83. The van der Waals surface area contributed by atoms with E-state index in [0.717, 1.165) is 48.5 Å². The zero-order chi connectivity index (χ0) is 14.4. The number of piperidine rings is 1. The van der Waals surface area contributed by atoms with Crippen LogP contribution in [0.2, 0.25) is 0 Å². The van der Waals surface area contributed by atoms with Crippen LogP contribution in [0.5, 0.6) is 0 Å². The molecule has 0 saturated carbocycles. The fraction of sp³-hybridized carbons (Fsp3) is 0.375. The molecule has 0 radical (unpaired) electrons. The van der Waals surface area contributed by atoms with Crippen molar-refractivity contribution in [3.05, 3.63) is 40.0 Å². The second kappa shape index (κ2) is 5.07. The van der Waals surface area contributed by atoms with Gasteiger partial charge in [-0.25, -0.2) is 9.97 Å². The van der Waals surface area contributed by atoms with Crippen LogP contribution in [0.25, 0.3) is 11.3 Å². The molecule has 1 aromatic carbocycles. The van der Waals surface area contributed by atoms with Crippen molar-refractivity contribution in [2.45, 2.75) is 25.3 Å². The number of hydrogen-bond acceptors (Lipinski definition) is 4. The smallest absolute Gasteiger partial charge is 0.225 e. The highest BCUT2D eigenvalue weighted by Gasteiger charge is 2.24. The molecule has 5 heteroatoms. The summed E-state index contributed by atoms with van der Waals surface area (Å²) in [6.07, 6.45) is 5.11. The maximum atomic E-state index is 6.07. The molecule has 1 aromatic heterocycles. The van der Waals surface area contributed by atoms with Crippen LogP contribution in [0, 0.1) is 0 Å². The Bertz CT molecular complexity index is 701. The first kappa shape index (κ1) is 13.2. The number of nitrogens with two attached hydrogens (primary N) is 1. The SMILES string of the molecule is NC1CCCN(c2ncc3c(n2)-c2ccc(Br)cc2C3)C1. The Labute approximate surface area is 132 Å². The van der Waals surface area contributed by atoms with Crippen LogP contribution in [-0.2, 0) is 6.42 Å². The summed E-state index contributed by atoms with van der Waals surface area (Å²) in [7, 11) is 0. The number of aromatic nitrogens is 2. The van der Waals surface area contributed by atoms with Crippen LogP contribution in [0.15, 0.2) is 28.9 Å². The minimum absolute atomic E-state index is 0.235. The molecule has 0 bridgehead atoms. The molecule has 0 spiro atoms. The number of hydrogen-bond donors (Lipinski definition) is 1. The van der Waals surface area contributed by atoms with E-state index in [1.54, 1.807) is 0 Å². The van der Waals surface area contributed by atoms with Crippen LogP contribution in [0.1, 0.15) is 24.0 Å². The predicted molar refractivity (Wildman–Crippen MR) is 87.4 cm³/mol. The topological polar surface area (TPSA) is 55.0 Å². The standard InChI is InChI=1S/C16H17BrN4/c17-12-3-4-14-10(7-12)6-11-8-19-16(20-15(11)14)21-5-1-2-13(18)9-21/h3-4,7-8,13H,1-2,5-6,9,18H2. The second-order valence-corrected chi connectivity index (χ2v) is 6.79. The van der Waals surface area contributed by atoms with Crippen molar-refractivity contribution >= 4 is 21.9 Å². The molecular weight excluding hydrogens is 328 g/mol. The zero-order valence-corrected chi connectivity index (χ0v) is 13.3. The molecule has 1 aliphatic carbocycles. The van der Waals surface area contributed by atoms with Gasteiger partial charge in [-0.05, 0) is 30.5 Å². The molecular formula is C16H17BrN4. The Morgan fingerprint density at radius 1 is 1.29 bits per heavy atom. The van der Waals surface area contributed by atoms with Crippen molar-refractivity contribution < 1.29 is 0 Å². The highest BCUT2D eigenvalue weighted by molar-refractivity contribution is 9.10. The van der Waals surface area contributed by atoms with E-state index in [9.17, 15) is 0 Å². The third-order valence-corrected chi connectivity index (χ3v) is 4.79. The van der Waals surface area contributed by atoms with E-state index in [1.165, 1.54) is 16.7 Å². The first-order valence-corrected chi connectivity index (χ1v) is 8.15. The first-order valence-electron chi connectivity index (χ1n) is 7.36. The molecule has 1 atom stereocenters. The van der Waals surface area contributed by atoms with Gasteiger partial charge in [0.1, 0.15) is 0 Å². The third kappa shape index (κ3) is 2.34. The normalized spacial score (nSPS) is 20.3. The minimum Gasteiger partial charge on any atom is -0.339 e. The van der Waals surface area contributed by atoms with Gasteiger partial charge in [0, 0.05) is 47.3 Å². The molecule has 4 rings (SSSR count). The number of benzene rings is 1. The molecule has 1 aliphatic heterocycles. The van der Waals surface area contributed by atoms with Crippen LogP contribution in [0.3, 0.4) is 0 Å². The van der Waals surface area contributed by atoms with Crippen LogP contribution >= 0.6 is 15.9 Å². The van der Waals surface area contributed by atoms with E-state index >= 15 is 0 Å². The summed E-state index contributed by atoms with van der Waals surface area (Å²) in [6.45, 7) is 1.85. The van der Waals surface area contributed by atoms with Gasteiger partial charge >= 0.3 is 0 Å². The monoisotopic (exact) mass is 344 g/mol. The van der Waals surface area contributed by atoms with E-state index in [2.05, 4.69) is 44.0 Å². The van der Waals surface area contributed by atoms with Crippen LogP contribution in [0.4, 0.5) is 5.95 Å². The Hall–Kier alpha value is -1.46. The minimum atomic E-state index is 0.235. The van der Waals surface area contributed by atoms with Gasteiger partial charge in [-0.2, -0.15) is 0 Å². The van der Waals surface area contributed by atoms with Gasteiger partial charge in [0.05, 0.1) is 5.69 Å². The maximum Gasteiger partial charge on any atom is 0.225 e. The number of anilines is 1. The van der Waals surface area contributed by atoms with E-state index in [1.807, 2.05) is 6.20 Å². The molecule has 1 unspecified atom stereocenters. The summed E-state index contributed by atoms with van der Waals surface area (Å²) in [4.78, 5) is 11.6. The summed E-state index contributed by atoms with van der Waals surface area (Å²) in [6, 6.07) is 6.63. The van der Waals surface area contributed by atoms with Crippen LogP contribution in [-0.4, -0.2) is 29.1 Å².